The molecule has 1 aliphatic heterocycles. The van der Waals surface area contributed by atoms with Crippen molar-refractivity contribution in [2.24, 2.45) is 0 Å². The first-order valence-electron chi connectivity index (χ1n) is 13.6. The van der Waals surface area contributed by atoms with E-state index in [4.69, 9.17) is 14.2 Å². The van der Waals surface area contributed by atoms with E-state index >= 15 is 0 Å². The van der Waals surface area contributed by atoms with E-state index in [2.05, 4.69) is 20.2 Å². The summed E-state index contributed by atoms with van der Waals surface area (Å²) in [5, 5.41) is 8.33. The number of ether oxygens (including phenoxy) is 3. The first-order chi connectivity index (χ1) is 21.3. The van der Waals surface area contributed by atoms with Crippen molar-refractivity contribution in [2.45, 2.75) is 51.6 Å². The molecule has 4 aromatic rings. The van der Waals surface area contributed by atoms with E-state index in [0.717, 1.165) is 24.3 Å². The molecule has 240 valence electrons. The van der Waals surface area contributed by atoms with Crippen LogP contribution in [0.2, 0.25) is 0 Å². The van der Waals surface area contributed by atoms with Gasteiger partial charge in [-0.25, -0.2) is 14.6 Å². The van der Waals surface area contributed by atoms with Gasteiger partial charge in [0.05, 0.1) is 63.1 Å². The fourth-order valence-electron chi connectivity index (χ4n) is 4.62. The second kappa shape index (κ2) is 12.7. The first-order valence-corrected chi connectivity index (χ1v) is 13.6. The maximum atomic E-state index is 13.9. The number of halogens is 6. The van der Waals surface area contributed by atoms with Crippen LogP contribution >= 0.6 is 0 Å². The maximum absolute atomic E-state index is 13.9. The summed E-state index contributed by atoms with van der Waals surface area (Å²) in [6, 6.07) is 8.22. The zero-order chi connectivity index (χ0) is 32.4. The largest absolute Gasteiger partial charge is 0.497 e. The highest BCUT2D eigenvalue weighted by Gasteiger charge is 2.39. The van der Waals surface area contributed by atoms with Crippen LogP contribution in [0.1, 0.15) is 35.0 Å². The molecule has 0 bridgehead atoms. The summed E-state index contributed by atoms with van der Waals surface area (Å²) in [7, 11) is 1.48. The molecule has 0 saturated heterocycles. The number of hydrogen-bond donors (Lipinski definition) is 0. The Morgan fingerprint density at radius 1 is 0.978 bits per heavy atom. The number of rotatable bonds is 10. The summed E-state index contributed by atoms with van der Waals surface area (Å²) in [6.07, 6.45) is -8.08. The van der Waals surface area contributed by atoms with E-state index in [1.165, 1.54) is 14.0 Å². The number of nitrogens with zero attached hydrogens (tertiary/aromatic N) is 7. The number of aromatic nitrogens is 6. The van der Waals surface area contributed by atoms with Crippen molar-refractivity contribution in [3.8, 4) is 11.5 Å². The lowest BCUT2D eigenvalue weighted by molar-refractivity contribution is -0.141. The third kappa shape index (κ3) is 7.53. The Kier molecular flexibility index (Phi) is 8.99. The van der Waals surface area contributed by atoms with Gasteiger partial charge in [0.2, 0.25) is 5.95 Å². The van der Waals surface area contributed by atoms with Crippen LogP contribution in [0.25, 0.3) is 0 Å². The van der Waals surface area contributed by atoms with Crippen LogP contribution in [0.5, 0.6) is 11.5 Å². The standard InChI is InChI=1S/C28H27F6N7O4/c1-17(45-23-12-37-41(25(42)24(23)28(32,33)34)13-18-3-5-22(43-2)6-4-18)15-44-16-20-9-21-14-39(7-8-40(21)38-20)26-35-10-19(11-36-26)27(29,30)31/h3-6,9-12,17H,7-8,13-16H2,1-2H3. The van der Waals surface area contributed by atoms with Crippen LogP contribution in [0, 0.1) is 0 Å². The first kappa shape index (κ1) is 31.7. The van der Waals surface area contributed by atoms with E-state index in [9.17, 15) is 31.1 Å². The lowest BCUT2D eigenvalue weighted by atomic mass is 10.2. The second-order valence-corrected chi connectivity index (χ2v) is 10.2. The minimum atomic E-state index is -4.99. The molecule has 17 heteroatoms. The zero-order valence-corrected chi connectivity index (χ0v) is 24.0. The second-order valence-electron chi connectivity index (χ2n) is 10.2. The summed E-state index contributed by atoms with van der Waals surface area (Å²) >= 11 is 0. The monoisotopic (exact) mass is 639 g/mol. The Labute approximate surface area is 252 Å². The Hall–Kier alpha value is -4.67. The summed E-state index contributed by atoms with van der Waals surface area (Å²) < 4.78 is 98.8. The number of fused-ring (bicyclic) bond motifs is 1. The predicted molar refractivity (Wildman–Crippen MR) is 146 cm³/mol. The smallest absolute Gasteiger partial charge is 0.425 e. The van der Waals surface area contributed by atoms with Crippen molar-refractivity contribution in [1.82, 2.24) is 29.5 Å². The maximum Gasteiger partial charge on any atom is 0.425 e. The van der Waals surface area contributed by atoms with Crippen molar-refractivity contribution in [2.75, 3.05) is 25.2 Å². The number of methoxy groups -OCH3 is 1. The average molecular weight is 640 g/mol. The molecule has 0 fully saturated rings. The van der Waals surface area contributed by atoms with Gasteiger partial charge >= 0.3 is 12.4 Å². The van der Waals surface area contributed by atoms with Gasteiger partial charge in [-0.1, -0.05) is 12.1 Å². The molecular formula is C28H27F6N7O4. The molecule has 45 heavy (non-hydrogen) atoms. The minimum absolute atomic E-state index is 0.0122. The molecule has 1 aliphatic rings. The molecule has 5 rings (SSSR count). The molecule has 1 aromatic carbocycles. The fourth-order valence-corrected chi connectivity index (χ4v) is 4.62. The number of anilines is 1. The Bertz CT molecular complexity index is 1670. The lowest BCUT2D eigenvalue weighted by Gasteiger charge is -2.27. The highest BCUT2D eigenvalue weighted by atomic mass is 19.4. The highest BCUT2D eigenvalue weighted by Crippen LogP contribution is 2.34. The summed E-state index contributed by atoms with van der Waals surface area (Å²) in [6.45, 7) is 2.33. The van der Waals surface area contributed by atoms with Crippen molar-refractivity contribution in [1.29, 1.82) is 0 Å². The van der Waals surface area contributed by atoms with Gasteiger partial charge in [0.25, 0.3) is 5.56 Å². The van der Waals surface area contributed by atoms with Crippen LogP contribution in [0.4, 0.5) is 32.3 Å². The lowest BCUT2D eigenvalue weighted by Crippen LogP contribution is -2.35. The van der Waals surface area contributed by atoms with Gasteiger partial charge in [0, 0.05) is 18.9 Å². The molecule has 3 aromatic heterocycles. The molecule has 1 atom stereocenters. The Balaban J connectivity index is 1.18. The van der Waals surface area contributed by atoms with Gasteiger partial charge in [-0.05, 0) is 30.7 Å². The normalized spacial score (nSPS) is 14.3. The molecule has 0 saturated carbocycles. The predicted octanol–water partition coefficient (Wildman–Crippen LogP) is 4.33. The van der Waals surface area contributed by atoms with Crippen LogP contribution in [-0.2, 0) is 43.3 Å². The zero-order valence-electron chi connectivity index (χ0n) is 24.0. The molecule has 0 spiro atoms. The molecular weight excluding hydrogens is 612 g/mol. The molecule has 0 amide bonds. The summed E-state index contributed by atoms with van der Waals surface area (Å²) in [5.41, 5.74) is -1.92. The Morgan fingerprint density at radius 2 is 1.69 bits per heavy atom. The molecule has 0 aliphatic carbocycles. The molecule has 4 heterocycles. The van der Waals surface area contributed by atoms with E-state index in [0.29, 0.717) is 41.3 Å². The van der Waals surface area contributed by atoms with Crippen LogP contribution in [0.3, 0.4) is 0 Å². The van der Waals surface area contributed by atoms with Crippen molar-refractivity contribution >= 4 is 5.95 Å². The van der Waals surface area contributed by atoms with Gasteiger partial charge < -0.3 is 19.1 Å². The topological polar surface area (TPSA) is 109 Å². The van der Waals surface area contributed by atoms with Crippen molar-refractivity contribution in [3.05, 3.63) is 87.4 Å². The average Bonchev–Trinajstić information content (AvgIpc) is 3.40. The minimum Gasteiger partial charge on any atom is -0.497 e. The SMILES string of the molecule is COc1ccc(Cn2ncc(OC(C)COCc3cc4n(n3)CCN(c3ncc(C(F)(F)F)cn3)C4)c(C(F)(F)F)c2=O)cc1. The summed E-state index contributed by atoms with van der Waals surface area (Å²) in [4.78, 5) is 22.2. The molecule has 1 unspecified atom stereocenters. The number of benzene rings is 1. The van der Waals surface area contributed by atoms with Crippen LogP contribution in [0.15, 0.2) is 53.7 Å². The highest BCUT2D eigenvalue weighted by molar-refractivity contribution is 5.34. The third-order valence-electron chi connectivity index (χ3n) is 6.81. The fraction of sp³-hybridized carbons (Fsp3) is 0.393. The van der Waals surface area contributed by atoms with E-state index in [-0.39, 0.29) is 25.7 Å². The van der Waals surface area contributed by atoms with Gasteiger partial charge in [-0.2, -0.15) is 36.5 Å². The van der Waals surface area contributed by atoms with E-state index < -0.39 is 40.9 Å². The van der Waals surface area contributed by atoms with Crippen LogP contribution < -0.4 is 19.9 Å². The summed E-state index contributed by atoms with van der Waals surface area (Å²) in [5.74, 6) is -0.00103. The van der Waals surface area contributed by atoms with E-state index in [1.807, 2.05) is 0 Å². The van der Waals surface area contributed by atoms with Gasteiger partial charge in [0.1, 0.15) is 11.9 Å². The van der Waals surface area contributed by atoms with Gasteiger partial charge in [-0.15, -0.1) is 0 Å². The van der Waals surface area contributed by atoms with Crippen molar-refractivity contribution in [3.63, 3.8) is 0 Å². The van der Waals surface area contributed by atoms with Gasteiger partial charge in [0.15, 0.2) is 11.3 Å². The Morgan fingerprint density at radius 3 is 2.33 bits per heavy atom. The molecule has 0 N–H and O–H groups in total. The molecule has 11 nitrogen and oxygen atoms in total. The van der Waals surface area contributed by atoms with Crippen molar-refractivity contribution < 1.29 is 40.6 Å². The third-order valence-corrected chi connectivity index (χ3v) is 6.81. The number of alkyl halides is 6. The molecule has 0 radical (unpaired) electrons. The quantitative estimate of drug-likeness (QED) is 0.234. The van der Waals surface area contributed by atoms with Gasteiger partial charge in [-0.3, -0.25) is 9.48 Å². The van der Waals surface area contributed by atoms with E-state index in [1.54, 1.807) is 39.9 Å². The van der Waals surface area contributed by atoms with Crippen LogP contribution in [-0.4, -0.2) is 55.9 Å². The number of hydrogen-bond acceptors (Lipinski definition) is 9.